The second-order valence-electron chi connectivity index (χ2n) is 8.05. The van der Waals surface area contributed by atoms with Gasteiger partial charge in [0.2, 0.25) is 11.8 Å². The number of thioether (sulfide) groups is 1. The summed E-state index contributed by atoms with van der Waals surface area (Å²) in [6.45, 7) is 1.43. The van der Waals surface area contributed by atoms with Gasteiger partial charge >= 0.3 is 17.0 Å². The van der Waals surface area contributed by atoms with Gasteiger partial charge in [0.25, 0.3) is 0 Å². The Labute approximate surface area is 214 Å². The van der Waals surface area contributed by atoms with Crippen LogP contribution in [0.1, 0.15) is 28.2 Å². The molecule has 188 valence electrons. The van der Waals surface area contributed by atoms with E-state index in [2.05, 4.69) is 0 Å². The number of thiophene rings is 1. The van der Waals surface area contributed by atoms with Crippen LogP contribution in [0.2, 0.25) is 0 Å². The Morgan fingerprint density at radius 1 is 1.11 bits per heavy atom. The van der Waals surface area contributed by atoms with E-state index in [1.807, 2.05) is 0 Å². The molecule has 2 amide bonds. The van der Waals surface area contributed by atoms with Gasteiger partial charge in [-0.1, -0.05) is 35.2 Å². The number of amides is 2. The van der Waals surface area contributed by atoms with Crippen LogP contribution in [-0.4, -0.2) is 34.2 Å². The highest BCUT2D eigenvalue weighted by molar-refractivity contribution is 8.00. The molecule has 1 saturated heterocycles. The van der Waals surface area contributed by atoms with E-state index in [4.69, 9.17) is 4.74 Å². The first kappa shape index (κ1) is 24.8. The molecule has 0 radical (unpaired) electrons. The molecule has 3 atom stereocenters. The molecule has 2 unspecified atom stereocenters. The fraction of sp³-hybridized carbons (Fsp3) is 0.304. The number of carbonyl (C=O) groups excluding carboxylic acids is 3. The zero-order chi connectivity index (χ0) is 25.8. The minimum atomic E-state index is -4.64. The van der Waals surface area contributed by atoms with Crippen LogP contribution in [-0.2, 0) is 31.8 Å². The molecule has 2 aliphatic rings. The van der Waals surface area contributed by atoms with Gasteiger partial charge in [-0.15, -0.1) is 11.3 Å². The maximum absolute atomic E-state index is 13.6. The summed E-state index contributed by atoms with van der Waals surface area (Å²) in [5.41, 5.74) is -1.13. The van der Waals surface area contributed by atoms with Crippen molar-refractivity contribution < 1.29 is 32.3 Å². The molecule has 5 rings (SSSR count). The fourth-order valence-electron chi connectivity index (χ4n) is 4.44. The van der Waals surface area contributed by atoms with E-state index in [0.29, 0.717) is 9.90 Å². The number of halogens is 3. The van der Waals surface area contributed by atoms with Gasteiger partial charge < -0.3 is 4.74 Å². The van der Waals surface area contributed by atoms with Gasteiger partial charge in [-0.25, -0.2) is 4.90 Å². The molecule has 2 aromatic heterocycles. The normalized spacial score (nSPS) is 21.4. The smallest absolute Gasteiger partial charge is 0.416 e. The third kappa shape index (κ3) is 4.08. The molecular weight excluding hydrogens is 537 g/mol. The summed E-state index contributed by atoms with van der Waals surface area (Å²) in [6.07, 6.45) is -4.64. The number of carbonyl (C=O) groups is 3. The van der Waals surface area contributed by atoms with Gasteiger partial charge in [-0.3, -0.25) is 23.7 Å². The Kier molecular flexibility index (Phi) is 6.33. The highest BCUT2D eigenvalue weighted by Gasteiger charge is 2.57. The molecule has 0 N–H and O–H groups in total. The predicted molar refractivity (Wildman–Crippen MR) is 128 cm³/mol. The predicted octanol–water partition coefficient (Wildman–Crippen LogP) is 4.35. The molecule has 1 fully saturated rings. The van der Waals surface area contributed by atoms with Crippen molar-refractivity contribution in [3.05, 3.63) is 66.8 Å². The lowest BCUT2D eigenvalue weighted by molar-refractivity contribution is -0.144. The zero-order valence-corrected chi connectivity index (χ0v) is 20.9. The summed E-state index contributed by atoms with van der Waals surface area (Å²) in [7, 11) is 0. The number of hydrogen-bond acceptors (Lipinski definition) is 8. The molecule has 7 nitrogen and oxygen atoms in total. The van der Waals surface area contributed by atoms with Crippen molar-refractivity contribution in [1.82, 2.24) is 4.57 Å². The number of esters is 1. The fourth-order valence-corrected chi connectivity index (χ4v) is 8.16. The first-order chi connectivity index (χ1) is 17.1. The third-order valence-electron chi connectivity index (χ3n) is 5.92. The van der Waals surface area contributed by atoms with Crippen molar-refractivity contribution in [3.63, 3.8) is 0 Å². The van der Waals surface area contributed by atoms with Gasteiger partial charge in [-0.2, -0.15) is 13.2 Å². The molecule has 4 heterocycles. The first-order valence-electron chi connectivity index (χ1n) is 10.8. The zero-order valence-electron chi connectivity index (χ0n) is 18.5. The van der Waals surface area contributed by atoms with Crippen molar-refractivity contribution in [2.75, 3.05) is 11.5 Å². The van der Waals surface area contributed by atoms with E-state index in [1.165, 1.54) is 22.0 Å². The highest BCUT2D eigenvalue weighted by Crippen LogP contribution is 2.54. The lowest BCUT2D eigenvalue weighted by Gasteiger charge is -2.29. The van der Waals surface area contributed by atoms with Crippen LogP contribution in [0.5, 0.6) is 0 Å². The minimum absolute atomic E-state index is 0.133. The Hall–Kier alpha value is -2.90. The van der Waals surface area contributed by atoms with Crippen LogP contribution in [0.15, 0.2) is 51.6 Å². The standard InChI is InChI=1S/C23H17F3N2O5S3/c1-2-33-14(29)10-27-21-18(36-22(27)32)15(13-7-4-8-34-13)16-17(35-21)20(31)28(19(16)30)12-6-3-5-11(9-12)23(24,25)26/h3-9,15-17H,2,10H2,1H3/t15-,16?,17?/m1/s1. The lowest BCUT2D eigenvalue weighted by atomic mass is 9.87. The Morgan fingerprint density at radius 2 is 1.89 bits per heavy atom. The van der Waals surface area contributed by atoms with Gasteiger partial charge in [0.15, 0.2) is 0 Å². The average molecular weight is 555 g/mol. The second-order valence-corrected chi connectivity index (χ2v) is 11.1. The van der Waals surface area contributed by atoms with Crippen molar-refractivity contribution in [2.24, 2.45) is 5.92 Å². The van der Waals surface area contributed by atoms with E-state index in [1.54, 1.807) is 24.4 Å². The number of fused-ring (bicyclic) bond motifs is 2. The largest absolute Gasteiger partial charge is 0.465 e. The first-order valence-corrected chi connectivity index (χ1v) is 13.3. The number of hydrogen-bond donors (Lipinski definition) is 0. The number of anilines is 1. The van der Waals surface area contributed by atoms with E-state index >= 15 is 0 Å². The van der Waals surface area contributed by atoms with Crippen LogP contribution in [0.4, 0.5) is 18.9 Å². The summed E-state index contributed by atoms with van der Waals surface area (Å²) < 4.78 is 46.2. The van der Waals surface area contributed by atoms with Crippen LogP contribution < -0.4 is 9.77 Å². The summed E-state index contributed by atoms with van der Waals surface area (Å²) >= 11 is 3.23. The lowest BCUT2D eigenvalue weighted by Crippen LogP contribution is -2.32. The van der Waals surface area contributed by atoms with Crippen molar-refractivity contribution in [3.8, 4) is 0 Å². The number of aromatic nitrogens is 1. The van der Waals surface area contributed by atoms with Gasteiger partial charge in [0.05, 0.1) is 28.8 Å². The molecule has 13 heteroatoms. The monoisotopic (exact) mass is 554 g/mol. The minimum Gasteiger partial charge on any atom is -0.465 e. The number of nitrogens with zero attached hydrogens (tertiary/aromatic N) is 2. The average Bonchev–Trinajstić information content (AvgIpc) is 3.51. The van der Waals surface area contributed by atoms with Crippen LogP contribution >= 0.6 is 34.4 Å². The SMILES string of the molecule is CCOC(=O)Cn1c2c(sc1=O)[C@H](c1cccs1)C1C(=O)N(c3cccc(C(F)(F)F)c3)C(=O)C1S2. The van der Waals surface area contributed by atoms with Crippen molar-refractivity contribution in [2.45, 2.75) is 35.8 Å². The number of thiazole rings is 1. The van der Waals surface area contributed by atoms with Crippen LogP contribution in [0.25, 0.3) is 0 Å². The highest BCUT2D eigenvalue weighted by atomic mass is 32.2. The molecule has 3 aromatic rings. The Balaban J connectivity index is 1.60. The topological polar surface area (TPSA) is 85.7 Å². The number of ether oxygens (including phenoxy) is 1. The maximum Gasteiger partial charge on any atom is 0.416 e. The quantitative estimate of drug-likeness (QED) is 0.345. The molecule has 2 aliphatic heterocycles. The number of rotatable bonds is 5. The van der Waals surface area contributed by atoms with Crippen molar-refractivity contribution >= 4 is 57.9 Å². The Morgan fingerprint density at radius 3 is 2.56 bits per heavy atom. The molecule has 36 heavy (non-hydrogen) atoms. The molecule has 0 bridgehead atoms. The van der Waals surface area contributed by atoms with E-state index in [0.717, 1.165) is 51.1 Å². The molecule has 1 aromatic carbocycles. The number of benzene rings is 1. The van der Waals surface area contributed by atoms with Gasteiger partial charge in [-0.05, 0) is 36.6 Å². The summed E-state index contributed by atoms with van der Waals surface area (Å²) in [5.74, 6) is -3.48. The van der Waals surface area contributed by atoms with Gasteiger partial charge in [0.1, 0.15) is 11.8 Å². The molecule has 0 saturated carbocycles. The summed E-state index contributed by atoms with van der Waals surface area (Å²) in [5, 5.41) is 1.22. The van der Waals surface area contributed by atoms with Crippen LogP contribution in [0.3, 0.4) is 0 Å². The third-order valence-corrected chi connectivity index (χ3v) is 9.48. The molecule has 0 aliphatic carbocycles. The second kappa shape index (κ2) is 9.20. The number of alkyl halides is 3. The number of imide groups is 1. The van der Waals surface area contributed by atoms with E-state index < -0.39 is 51.5 Å². The molecular formula is C23H17F3N2O5S3. The van der Waals surface area contributed by atoms with Crippen molar-refractivity contribution in [1.29, 1.82) is 0 Å². The maximum atomic E-state index is 13.6. The van der Waals surface area contributed by atoms with E-state index in [-0.39, 0.29) is 18.8 Å². The summed E-state index contributed by atoms with van der Waals surface area (Å²) in [4.78, 5) is 53.8. The van der Waals surface area contributed by atoms with Gasteiger partial charge in [0, 0.05) is 15.7 Å². The van der Waals surface area contributed by atoms with Crippen LogP contribution in [0, 0.1) is 5.92 Å². The summed E-state index contributed by atoms with van der Waals surface area (Å²) in [6, 6.07) is 7.66. The molecule has 0 spiro atoms. The van der Waals surface area contributed by atoms with E-state index in [9.17, 15) is 32.3 Å². The Bertz CT molecular complexity index is 1410.